The maximum Gasteiger partial charge on any atom is 0.337 e. The molecule has 0 spiro atoms. The number of para-hydroxylation sites is 1. The van der Waals surface area contributed by atoms with E-state index in [0.717, 1.165) is 11.3 Å². The number of hydrogen-bond donors (Lipinski definition) is 2. The summed E-state index contributed by atoms with van der Waals surface area (Å²) < 4.78 is 10.4. The van der Waals surface area contributed by atoms with Gasteiger partial charge in [0.1, 0.15) is 12.4 Å². The van der Waals surface area contributed by atoms with Crippen molar-refractivity contribution in [3.8, 4) is 5.75 Å². The maximum atomic E-state index is 11.9. The first-order valence-electron chi connectivity index (χ1n) is 8.46. The second-order valence-electron chi connectivity index (χ2n) is 5.99. The lowest BCUT2D eigenvalue weighted by Crippen LogP contribution is -2.32. The van der Waals surface area contributed by atoms with Crippen LogP contribution in [0.4, 0.5) is 10.5 Å². The normalized spacial score (nSPS) is 10.3. The second kappa shape index (κ2) is 9.46. The highest BCUT2D eigenvalue weighted by Gasteiger charge is 2.08. The van der Waals surface area contributed by atoms with Gasteiger partial charge < -0.3 is 20.1 Å². The average molecular weight is 356 g/mol. The van der Waals surface area contributed by atoms with Crippen molar-refractivity contribution in [3.63, 3.8) is 0 Å². The van der Waals surface area contributed by atoms with Crippen molar-refractivity contribution in [3.05, 3.63) is 59.7 Å². The fraction of sp³-hybridized carbons (Fsp3) is 0.300. The molecule has 0 fully saturated rings. The van der Waals surface area contributed by atoms with Crippen LogP contribution >= 0.6 is 0 Å². The number of esters is 1. The first-order valence-corrected chi connectivity index (χ1v) is 8.46. The van der Waals surface area contributed by atoms with E-state index in [2.05, 4.69) is 29.2 Å². The van der Waals surface area contributed by atoms with Crippen molar-refractivity contribution in [1.29, 1.82) is 0 Å². The lowest BCUT2D eigenvalue weighted by Gasteiger charge is -2.14. The number of benzene rings is 2. The van der Waals surface area contributed by atoms with Crippen LogP contribution in [-0.2, 0) is 4.74 Å². The van der Waals surface area contributed by atoms with Gasteiger partial charge in [-0.3, -0.25) is 0 Å². The number of hydrogen-bond acceptors (Lipinski definition) is 4. The van der Waals surface area contributed by atoms with Crippen molar-refractivity contribution in [2.75, 3.05) is 25.6 Å². The summed E-state index contributed by atoms with van der Waals surface area (Å²) in [6, 6.07) is 14.0. The molecule has 0 aliphatic carbocycles. The highest BCUT2D eigenvalue weighted by Crippen LogP contribution is 2.25. The minimum Gasteiger partial charge on any atom is -0.491 e. The minimum atomic E-state index is -0.417. The zero-order chi connectivity index (χ0) is 18.9. The van der Waals surface area contributed by atoms with E-state index in [9.17, 15) is 9.59 Å². The van der Waals surface area contributed by atoms with Crippen LogP contribution < -0.4 is 15.4 Å². The van der Waals surface area contributed by atoms with Crippen LogP contribution in [0.5, 0.6) is 5.75 Å². The SMILES string of the molecule is COC(=O)c1ccc(NC(=O)NCCOc2ccccc2C(C)C)cc1. The standard InChI is InChI=1S/C20H24N2O4/c1-14(2)17-6-4-5-7-18(17)26-13-12-21-20(24)22-16-10-8-15(9-11-16)19(23)25-3/h4-11,14H,12-13H2,1-3H3,(H2,21,22,24). The van der Waals surface area contributed by atoms with Crippen LogP contribution in [-0.4, -0.2) is 32.3 Å². The summed E-state index contributed by atoms with van der Waals surface area (Å²) in [6.07, 6.45) is 0. The van der Waals surface area contributed by atoms with Gasteiger partial charge >= 0.3 is 12.0 Å². The molecule has 0 saturated heterocycles. The van der Waals surface area contributed by atoms with Gasteiger partial charge in [0.05, 0.1) is 19.2 Å². The third-order valence-electron chi connectivity index (χ3n) is 3.75. The third-order valence-corrected chi connectivity index (χ3v) is 3.75. The molecule has 0 heterocycles. The Kier molecular flexibility index (Phi) is 7.02. The molecule has 0 radical (unpaired) electrons. The van der Waals surface area contributed by atoms with Gasteiger partial charge in [0, 0.05) is 5.69 Å². The van der Waals surface area contributed by atoms with Crippen LogP contribution in [0, 0.1) is 0 Å². The zero-order valence-electron chi connectivity index (χ0n) is 15.2. The topological polar surface area (TPSA) is 76.7 Å². The molecule has 0 atom stereocenters. The van der Waals surface area contributed by atoms with Gasteiger partial charge in [0.15, 0.2) is 0 Å². The van der Waals surface area contributed by atoms with Gasteiger partial charge in [-0.25, -0.2) is 9.59 Å². The Bertz CT molecular complexity index is 742. The number of rotatable bonds is 7. The van der Waals surface area contributed by atoms with Gasteiger partial charge in [-0.05, 0) is 41.8 Å². The molecule has 0 aliphatic rings. The largest absolute Gasteiger partial charge is 0.491 e. The molecule has 138 valence electrons. The third kappa shape index (κ3) is 5.51. The van der Waals surface area contributed by atoms with Crippen LogP contribution in [0.15, 0.2) is 48.5 Å². The Hall–Kier alpha value is -3.02. The van der Waals surface area contributed by atoms with Crippen molar-refractivity contribution in [2.24, 2.45) is 0 Å². The van der Waals surface area contributed by atoms with Gasteiger partial charge in [0.25, 0.3) is 0 Å². The smallest absolute Gasteiger partial charge is 0.337 e. The molecule has 0 saturated carbocycles. The van der Waals surface area contributed by atoms with Crippen LogP contribution in [0.3, 0.4) is 0 Å². The van der Waals surface area contributed by atoms with Gasteiger partial charge in [-0.2, -0.15) is 0 Å². The molecule has 26 heavy (non-hydrogen) atoms. The number of methoxy groups -OCH3 is 1. The van der Waals surface area contributed by atoms with Crippen LogP contribution in [0.25, 0.3) is 0 Å². The van der Waals surface area contributed by atoms with E-state index in [1.54, 1.807) is 24.3 Å². The summed E-state index contributed by atoms with van der Waals surface area (Å²) in [5.41, 5.74) is 2.15. The predicted molar refractivity (Wildman–Crippen MR) is 101 cm³/mol. The fourth-order valence-electron chi connectivity index (χ4n) is 2.40. The number of nitrogens with one attached hydrogen (secondary N) is 2. The maximum absolute atomic E-state index is 11.9. The Morgan fingerprint density at radius 2 is 1.73 bits per heavy atom. The second-order valence-corrected chi connectivity index (χ2v) is 5.99. The van der Waals surface area contributed by atoms with E-state index < -0.39 is 5.97 Å². The van der Waals surface area contributed by atoms with Gasteiger partial charge in [0.2, 0.25) is 0 Å². The highest BCUT2D eigenvalue weighted by atomic mass is 16.5. The molecule has 0 unspecified atom stereocenters. The number of urea groups is 1. The Labute approximate surface area is 153 Å². The Morgan fingerprint density at radius 3 is 2.38 bits per heavy atom. The molecule has 0 aromatic heterocycles. The molecular formula is C20H24N2O4. The molecule has 2 amide bonds. The molecular weight excluding hydrogens is 332 g/mol. The van der Waals surface area contributed by atoms with E-state index in [-0.39, 0.29) is 6.03 Å². The summed E-state index contributed by atoms with van der Waals surface area (Å²) in [5, 5.41) is 5.43. The molecule has 0 bridgehead atoms. The van der Waals surface area contributed by atoms with Crippen molar-refractivity contribution in [2.45, 2.75) is 19.8 Å². The first kappa shape index (κ1) is 19.3. The highest BCUT2D eigenvalue weighted by molar-refractivity contribution is 5.92. The lowest BCUT2D eigenvalue weighted by molar-refractivity contribution is 0.0600. The minimum absolute atomic E-state index is 0.337. The van der Waals surface area contributed by atoms with E-state index >= 15 is 0 Å². The Morgan fingerprint density at radius 1 is 1.04 bits per heavy atom. The number of carbonyl (C=O) groups excluding carboxylic acids is 2. The van der Waals surface area contributed by atoms with Crippen molar-refractivity contribution < 1.29 is 19.1 Å². The van der Waals surface area contributed by atoms with Crippen LogP contribution in [0.1, 0.15) is 35.7 Å². The number of ether oxygens (including phenoxy) is 2. The fourth-order valence-corrected chi connectivity index (χ4v) is 2.40. The van der Waals surface area contributed by atoms with E-state index in [4.69, 9.17) is 4.74 Å². The quantitative estimate of drug-likeness (QED) is 0.584. The number of anilines is 1. The lowest BCUT2D eigenvalue weighted by atomic mass is 10.0. The molecule has 2 rings (SSSR count). The molecule has 6 heteroatoms. The molecule has 0 aliphatic heterocycles. The van der Waals surface area contributed by atoms with Crippen molar-refractivity contribution in [1.82, 2.24) is 5.32 Å². The van der Waals surface area contributed by atoms with Crippen LogP contribution in [0.2, 0.25) is 0 Å². The van der Waals surface area contributed by atoms with Gasteiger partial charge in [-0.15, -0.1) is 0 Å². The summed E-state index contributed by atoms with van der Waals surface area (Å²) in [5.74, 6) is 0.790. The molecule has 2 aromatic rings. The van der Waals surface area contributed by atoms with E-state index in [1.165, 1.54) is 7.11 Å². The predicted octanol–water partition coefficient (Wildman–Crippen LogP) is 3.80. The number of amides is 2. The summed E-state index contributed by atoms with van der Waals surface area (Å²) in [7, 11) is 1.32. The number of carbonyl (C=O) groups is 2. The van der Waals surface area contributed by atoms with Crippen molar-refractivity contribution >= 4 is 17.7 Å². The molecule has 2 N–H and O–H groups in total. The summed E-state index contributed by atoms with van der Waals surface area (Å²) >= 11 is 0. The van der Waals surface area contributed by atoms with E-state index in [1.807, 2.05) is 24.3 Å². The van der Waals surface area contributed by atoms with E-state index in [0.29, 0.717) is 30.3 Å². The molecule has 2 aromatic carbocycles. The zero-order valence-corrected chi connectivity index (χ0v) is 15.2. The monoisotopic (exact) mass is 356 g/mol. The first-order chi connectivity index (χ1) is 12.5. The summed E-state index contributed by atoms with van der Waals surface area (Å²) in [6.45, 7) is 4.97. The average Bonchev–Trinajstić information content (AvgIpc) is 2.65. The Balaban J connectivity index is 1.76. The molecule has 6 nitrogen and oxygen atoms in total. The summed E-state index contributed by atoms with van der Waals surface area (Å²) in [4.78, 5) is 23.3. The van der Waals surface area contributed by atoms with Gasteiger partial charge in [-0.1, -0.05) is 32.0 Å².